The molecular weight excluding hydrogens is 487 g/mol. The van der Waals surface area contributed by atoms with Crippen LogP contribution in [0.3, 0.4) is 0 Å². The highest BCUT2D eigenvalue weighted by Crippen LogP contribution is 2.15. The summed E-state index contributed by atoms with van der Waals surface area (Å²) in [7, 11) is 1.67. The van der Waals surface area contributed by atoms with E-state index < -0.39 is 0 Å². The molecule has 0 bridgehead atoms. The summed E-state index contributed by atoms with van der Waals surface area (Å²) in [5.41, 5.74) is 0. The van der Waals surface area contributed by atoms with Crippen molar-refractivity contribution in [2.24, 2.45) is 10.9 Å². The van der Waals surface area contributed by atoms with Gasteiger partial charge in [-0.15, -0.1) is 35.3 Å². The number of nitrogens with zero attached hydrogens (tertiary/aromatic N) is 4. The van der Waals surface area contributed by atoms with Gasteiger partial charge in [-0.05, 0) is 37.1 Å². The van der Waals surface area contributed by atoms with Crippen molar-refractivity contribution in [2.75, 3.05) is 20.2 Å². The number of halogens is 1. The zero-order chi connectivity index (χ0) is 19.1. The van der Waals surface area contributed by atoms with E-state index in [-0.39, 0.29) is 24.0 Å². The van der Waals surface area contributed by atoms with E-state index in [0.717, 1.165) is 56.5 Å². The average Bonchev–Trinajstić information content (AvgIpc) is 3.29. The second kappa shape index (κ2) is 11.7. The first-order chi connectivity index (χ1) is 13.2. The van der Waals surface area contributed by atoms with E-state index in [4.69, 9.17) is 9.73 Å². The molecular formula is C19H31IN6OS. The molecule has 0 fully saturated rings. The molecule has 28 heavy (non-hydrogen) atoms. The van der Waals surface area contributed by atoms with Gasteiger partial charge in [0.25, 0.3) is 0 Å². The predicted octanol–water partition coefficient (Wildman–Crippen LogP) is 2.85. The number of guanidine groups is 1. The van der Waals surface area contributed by atoms with Gasteiger partial charge >= 0.3 is 0 Å². The number of ether oxygens (including phenoxy) is 1. The molecule has 156 valence electrons. The molecule has 0 saturated heterocycles. The van der Waals surface area contributed by atoms with E-state index in [1.807, 2.05) is 16.0 Å². The Kier molecular flexibility index (Phi) is 9.66. The number of hydrogen-bond acceptors (Lipinski definition) is 5. The van der Waals surface area contributed by atoms with Gasteiger partial charge in [-0.3, -0.25) is 4.99 Å². The van der Waals surface area contributed by atoms with Crippen LogP contribution < -0.4 is 10.6 Å². The van der Waals surface area contributed by atoms with E-state index in [1.165, 1.54) is 4.88 Å². The minimum absolute atomic E-state index is 0. The Labute approximate surface area is 188 Å². The molecule has 0 aromatic carbocycles. The fourth-order valence-electron chi connectivity index (χ4n) is 3.27. The van der Waals surface area contributed by atoms with Crippen LogP contribution in [0.25, 0.3) is 0 Å². The number of aryl methyl sites for hydroxylation is 1. The van der Waals surface area contributed by atoms with Crippen LogP contribution in [0.15, 0.2) is 22.5 Å². The summed E-state index contributed by atoms with van der Waals surface area (Å²) in [6.45, 7) is 7.29. The third kappa shape index (κ3) is 6.70. The van der Waals surface area contributed by atoms with Gasteiger partial charge in [0.15, 0.2) is 11.8 Å². The van der Waals surface area contributed by atoms with Gasteiger partial charge in [0.1, 0.15) is 12.4 Å². The van der Waals surface area contributed by atoms with Crippen molar-refractivity contribution in [3.8, 4) is 0 Å². The minimum Gasteiger partial charge on any atom is -0.377 e. The molecule has 0 radical (unpaired) electrons. The van der Waals surface area contributed by atoms with Crippen LogP contribution in [0, 0.1) is 5.92 Å². The number of methoxy groups -OCH3 is 1. The zero-order valence-electron chi connectivity index (χ0n) is 16.9. The van der Waals surface area contributed by atoms with Crippen molar-refractivity contribution in [2.45, 2.75) is 52.3 Å². The lowest BCUT2D eigenvalue weighted by Gasteiger charge is -2.25. The summed E-state index contributed by atoms with van der Waals surface area (Å²) in [5.74, 6) is 3.22. The monoisotopic (exact) mass is 518 g/mol. The number of nitrogens with one attached hydrogen (secondary N) is 2. The maximum Gasteiger partial charge on any atom is 0.191 e. The van der Waals surface area contributed by atoms with Crippen molar-refractivity contribution in [3.63, 3.8) is 0 Å². The Morgan fingerprint density at radius 1 is 1.50 bits per heavy atom. The highest BCUT2D eigenvalue weighted by Gasteiger charge is 2.22. The fourth-order valence-corrected chi connectivity index (χ4v) is 4.14. The molecule has 0 amide bonds. The Bertz CT molecular complexity index is 733. The first kappa shape index (κ1) is 23.1. The summed E-state index contributed by atoms with van der Waals surface area (Å²) in [4.78, 5) is 10.8. The molecule has 1 aliphatic heterocycles. The van der Waals surface area contributed by atoms with Crippen LogP contribution in [-0.2, 0) is 30.7 Å². The van der Waals surface area contributed by atoms with Crippen LogP contribution in [0.5, 0.6) is 0 Å². The van der Waals surface area contributed by atoms with Gasteiger partial charge in [0.05, 0.1) is 6.54 Å². The summed E-state index contributed by atoms with van der Waals surface area (Å²) in [5, 5.41) is 13.6. The summed E-state index contributed by atoms with van der Waals surface area (Å²) < 4.78 is 7.14. The molecule has 0 spiro atoms. The highest BCUT2D eigenvalue weighted by molar-refractivity contribution is 14.0. The Morgan fingerprint density at radius 2 is 2.36 bits per heavy atom. The normalized spacial score (nSPS) is 17.5. The molecule has 2 aromatic rings. The Balaban J connectivity index is 0.00000280. The second-order valence-electron chi connectivity index (χ2n) is 7.05. The Morgan fingerprint density at radius 3 is 3.07 bits per heavy atom. The number of aromatic nitrogens is 3. The first-order valence-corrected chi connectivity index (χ1v) is 10.5. The van der Waals surface area contributed by atoms with Gasteiger partial charge in [0, 0.05) is 37.5 Å². The zero-order valence-corrected chi connectivity index (χ0v) is 20.0. The maximum atomic E-state index is 5.14. The van der Waals surface area contributed by atoms with Crippen LogP contribution in [0.4, 0.5) is 0 Å². The lowest BCUT2D eigenvalue weighted by molar-refractivity contribution is 0.177. The van der Waals surface area contributed by atoms with E-state index in [1.54, 1.807) is 7.11 Å². The van der Waals surface area contributed by atoms with E-state index >= 15 is 0 Å². The molecule has 2 atom stereocenters. The highest BCUT2D eigenvalue weighted by atomic mass is 127. The van der Waals surface area contributed by atoms with Gasteiger partial charge < -0.3 is 15.4 Å². The number of hydrogen-bond donors (Lipinski definition) is 2. The lowest BCUT2D eigenvalue weighted by Crippen LogP contribution is -2.47. The minimum atomic E-state index is 0. The molecule has 0 saturated carbocycles. The van der Waals surface area contributed by atoms with Crippen molar-refractivity contribution in [1.29, 1.82) is 0 Å². The first-order valence-electron chi connectivity index (χ1n) is 9.66. The third-order valence-electron chi connectivity index (χ3n) is 4.55. The molecule has 1 aliphatic rings. The fraction of sp³-hybridized carbons (Fsp3) is 0.632. The number of fused-ring (bicyclic) bond motifs is 1. The second-order valence-corrected chi connectivity index (χ2v) is 8.08. The molecule has 7 nitrogen and oxygen atoms in total. The Hall–Kier alpha value is -1.20. The van der Waals surface area contributed by atoms with Crippen molar-refractivity contribution in [1.82, 2.24) is 25.4 Å². The van der Waals surface area contributed by atoms with Crippen LogP contribution in [-0.4, -0.2) is 47.0 Å². The quantitative estimate of drug-likeness (QED) is 0.320. The predicted molar refractivity (Wildman–Crippen MR) is 125 cm³/mol. The average molecular weight is 518 g/mol. The van der Waals surface area contributed by atoms with Crippen LogP contribution in [0.1, 0.15) is 36.8 Å². The van der Waals surface area contributed by atoms with Crippen molar-refractivity contribution >= 4 is 41.3 Å². The van der Waals surface area contributed by atoms with Crippen LogP contribution >= 0.6 is 35.3 Å². The molecule has 9 heteroatoms. The van der Waals surface area contributed by atoms with Crippen molar-refractivity contribution in [3.05, 3.63) is 34.0 Å². The summed E-state index contributed by atoms with van der Waals surface area (Å²) in [6.07, 6.45) is 3.03. The summed E-state index contributed by atoms with van der Waals surface area (Å²) in [6, 6.07) is 4.62. The largest absolute Gasteiger partial charge is 0.377 e. The van der Waals surface area contributed by atoms with Gasteiger partial charge in [-0.1, -0.05) is 13.0 Å². The van der Waals surface area contributed by atoms with E-state index in [2.05, 4.69) is 52.1 Å². The van der Waals surface area contributed by atoms with Crippen molar-refractivity contribution < 1.29 is 4.74 Å². The molecule has 2 unspecified atom stereocenters. The molecule has 3 rings (SSSR count). The topological polar surface area (TPSA) is 76.4 Å². The SMILES string of the molecule is CCNC(=NCC(C)Cc1cccs1)NC1CCc2nc(COC)nn2C1.I. The standard InChI is InChI=1S/C19H30N6OS.HI/c1-4-20-19(21-11-14(2)10-16-6-5-9-27-16)22-15-7-8-18-23-17(13-26-3)24-25(18)12-15;/h5-6,9,14-15H,4,7-8,10-13H2,1-3H3,(H2,20,21,22);1H. The van der Waals surface area contributed by atoms with E-state index in [0.29, 0.717) is 18.6 Å². The summed E-state index contributed by atoms with van der Waals surface area (Å²) >= 11 is 1.82. The third-order valence-corrected chi connectivity index (χ3v) is 5.45. The maximum absolute atomic E-state index is 5.14. The lowest BCUT2D eigenvalue weighted by atomic mass is 10.1. The van der Waals surface area contributed by atoms with Gasteiger partial charge in [-0.2, -0.15) is 5.10 Å². The van der Waals surface area contributed by atoms with E-state index in [9.17, 15) is 0 Å². The number of rotatable bonds is 8. The smallest absolute Gasteiger partial charge is 0.191 e. The van der Waals surface area contributed by atoms with Crippen LogP contribution in [0.2, 0.25) is 0 Å². The molecule has 2 N–H and O–H groups in total. The van der Waals surface area contributed by atoms with Gasteiger partial charge in [0.2, 0.25) is 0 Å². The number of aliphatic imine (C=N–C) groups is 1. The number of thiophene rings is 1. The van der Waals surface area contributed by atoms with Gasteiger partial charge in [-0.25, -0.2) is 9.67 Å². The molecule has 0 aliphatic carbocycles. The molecule has 2 aromatic heterocycles. The molecule has 3 heterocycles.